The molecule has 2 aromatic rings. The van der Waals surface area contributed by atoms with Gasteiger partial charge in [0.25, 0.3) is 0 Å². The van der Waals surface area contributed by atoms with Gasteiger partial charge in [-0.2, -0.15) is 4.98 Å². The molecule has 0 aliphatic heterocycles. The lowest BCUT2D eigenvalue weighted by Crippen LogP contribution is -2.13. The van der Waals surface area contributed by atoms with E-state index >= 15 is 0 Å². The molecule has 0 bridgehead atoms. The van der Waals surface area contributed by atoms with Gasteiger partial charge in [-0.25, -0.2) is 4.79 Å². The lowest BCUT2D eigenvalue weighted by molar-refractivity contribution is 0.305. The van der Waals surface area contributed by atoms with Crippen LogP contribution >= 0.6 is 0 Å². The Morgan fingerprint density at radius 3 is 2.75 bits per heavy atom. The van der Waals surface area contributed by atoms with Crippen molar-refractivity contribution in [3.63, 3.8) is 0 Å². The molecule has 0 atom stereocenters. The van der Waals surface area contributed by atoms with Crippen LogP contribution in [0.5, 0.6) is 5.75 Å². The molecule has 0 amide bonds. The molecule has 0 saturated carbocycles. The third kappa shape index (κ3) is 2.38. The van der Waals surface area contributed by atoms with E-state index in [4.69, 9.17) is 10.5 Å². The average Bonchev–Trinajstić information content (AvgIpc) is 2.29. The fraction of sp³-hybridized carbons (Fsp3) is 0.0909. The quantitative estimate of drug-likeness (QED) is 0.801. The van der Waals surface area contributed by atoms with Gasteiger partial charge in [-0.1, -0.05) is 30.3 Å². The second-order valence-corrected chi connectivity index (χ2v) is 3.24. The van der Waals surface area contributed by atoms with Gasteiger partial charge in [-0.15, -0.1) is 0 Å². The summed E-state index contributed by atoms with van der Waals surface area (Å²) >= 11 is 0. The maximum Gasteiger partial charge on any atom is 0.346 e. The molecule has 3 N–H and O–H groups in total. The lowest BCUT2D eigenvalue weighted by atomic mass is 10.2. The Hall–Kier alpha value is -2.30. The van der Waals surface area contributed by atoms with Crippen LogP contribution in [0, 0.1) is 0 Å². The van der Waals surface area contributed by atoms with E-state index in [2.05, 4.69) is 9.97 Å². The van der Waals surface area contributed by atoms with Crippen LogP contribution in [0.25, 0.3) is 0 Å². The largest absolute Gasteiger partial charge is 0.483 e. The van der Waals surface area contributed by atoms with Crippen LogP contribution in [-0.2, 0) is 6.61 Å². The van der Waals surface area contributed by atoms with Crippen LogP contribution in [0.1, 0.15) is 5.56 Å². The van der Waals surface area contributed by atoms with Crippen LogP contribution in [0.2, 0.25) is 0 Å². The molecule has 0 radical (unpaired) electrons. The number of ether oxygens (including phenoxy) is 1. The molecule has 1 aromatic heterocycles. The van der Waals surface area contributed by atoms with Crippen LogP contribution in [-0.4, -0.2) is 9.97 Å². The SMILES string of the molecule is Nc1[nH]c(=O)ncc1OCc1ccccc1. The number of nitrogen functional groups attached to an aromatic ring is 1. The number of hydrogen-bond donors (Lipinski definition) is 2. The average molecular weight is 217 g/mol. The molecule has 0 aliphatic rings. The molecule has 1 heterocycles. The Kier molecular flexibility index (Phi) is 2.86. The maximum atomic E-state index is 10.8. The number of rotatable bonds is 3. The normalized spacial score (nSPS) is 10.0. The molecule has 5 heteroatoms. The van der Waals surface area contributed by atoms with Gasteiger partial charge >= 0.3 is 5.69 Å². The predicted octanol–water partition coefficient (Wildman–Crippen LogP) is 0.931. The second-order valence-electron chi connectivity index (χ2n) is 3.24. The van der Waals surface area contributed by atoms with E-state index in [9.17, 15) is 4.79 Å². The van der Waals surface area contributed by atoms with Gasteiger partial charge in [-0.05, 0) is 5.56 Å². The van der Waals surface area contributed by atoms with Crippen LogP contribution in [0.3, 0.4) is 0 Å². The Labute approximate surface area is 91.9 Å². The van der Waals surface area contributed by atoms with Crippen molar-refractivity contribution in [1.29, 1.82) is 0 Å². The van der Waals surface area contributed by atoms with Crippen LogP contribution in [0.4, 0.5) is 5.82 Å². The molecule has 0 aliphatic carbocycles. The predicted molar refractivity (Wildman–Crippen MR) is 60.0 cm³/mol. The van der Waals surface area contributed by atoms with Crippen molar-refractivity contribution in [2.24, 2.45) is 0 Å². The number of nitrogens with one attached hydrogen (secondary N) is 1. The van der Waals surface area contributed by atoms with Crippen molar-refractivity contribution >= 4 is 5.82 Å². The number of nitrogens with two attached hydrogens (primary N) is 1. The highest BCUT2D eigenvalue weighted by Crippen LogP contribution is 2.15. The number of H-pyrrole nitrogens is 1. The van der Waals surface area contributed by atoms with Crippen LogP contribution < -0.4 is 16.2 Å². The summed E-state index contributed by atoms with van der Waals surface area (Å²) in [5.41, 5.74) is 6.10. The van der Waals surface area contributed by atoms with Gasteiger partial charge in [0.15, 0.2) is 5.75 Å². The molecule has 0 saturated heterocycles. The summed E-state index contributed by atoms with van der Waals surface area (Å²) < 4.78 is 5.42. The van der Waals surface area contributed by atoms with E-state index in [1.165, 1.54) is 6.20 Å². The zero-order chi connectivity index (χ0) is 11.4. The number of anilines is 1. The summed E-state index contributed by atoms with van der Waals surface area (Å²) in [7, 11) is 0. The van der Waals surface area contributed by atoms with Crippen molar-refractivity contribution in [3.05, 3.63) is 52.6 Å². The minimum atomic E-state index is -0.482. The smallest absolute Gasteiger partial charge is 0.346 e. The van der Waals surface area contributed by atoms with Crippen molar-refractivity contribution in [2.45, 2.75) is 6.61 Å². The first kappa shape index (κ1) is 10.2. The number of benzene rings is 1. The first-order valence-electron chi connectivity index (χ1n) is 4.77. The van der Waals surface area contributed by atoms with Crippen molar-refractivity contribution in [1.82, 2.24) is 9.97 Å². The highest BCUT2D eigenvalue weighted by Gasteiger charge is 2.01. The van der Waals surface area contributed by atoms with Gasteiger partial charge in [0.05, 0.1) is 6.20 Å². The molecular formula is C11H11N3O2. The van der Waals surface area contributed by atoms with Crippen molar-refractivity contribution < 1.29 is 4.74 Å². The number of nitrogens with zero attached hydrogens (tertiary/aromatic N) is 1. The Morgan fingerprint density at radius 2 is 2.06 bits per heavy atom. The van der Waals surface area contributed by atoms with E-state index in [1.807, 2.05) is 30.3 Å². The fourth-order valence-corrected chi connectivity index (χ4v) is 1.25. The molecular weight excluding hydrogens is 206 g/mol. The Bertz CT molecular complexity index is 522. The summed E-state index contributed by atoms with van der Waals surface area (Å²) in [5, 5.41) is 0. The highest BCUT2D eigenvalue weighted by atomic mass is 16.5. The highest BCUT2D eigenvalue weighted by molar-refractivity contribution is 5.42. The molecule has 0 fully saturated rings. The van der Waals surface area contributed by atoms with E-state index < -0.39 is 5.69 Å². The van der Waals surface area contributed by atoms with Crippen LogP contribution in [0.15, 0.2) is 41.3 Å². The monoisotopic (exact) mass is 217 g/mol. The Morgan fingerprint density at radius 1 is 1.31 bits per heavy atom. The standard InChI is InChI=1S/C11H11N3O2/c12-10-9(6-13-11(15)14-10)16-7-8-4-2-1-3-5-8/h1-6H,7H2,(H3,12,13,14,15). The third-order valence-corrected chi connectivity index (χ3v) is 2.04. The fourth-order valence-electron chi connectivity index (χ4n) is 1.25. The molecule has 1 aromatic carbocycles. The maximum absolute atomic E-state index is 10.8. The number of aromatic amines is 1. The zero-order valence-corrected chi connectivity index (χ0v) is 8.51. The van der Waals surface area contributed by atoms with Gasteiger partial charge in [0, 0.05) is 0 Å². The lowest BCUT2D eigenvalue weighted by Gasteiger charge is -2.07. The first-order valence-corrected chi connectivity index (χ1v) is 4.77. The molecule has 0 unspecified atom stereocenters. The summed E-state index contributed by atoms with van der Waals surface area (Å²) in [6, 6.07) is 9.66. The van der Waals surface area contributed by atoms with E-state index in [1.54, 1.807) is 0 Å². The minimum absolute atomic E-state index is 0.191. The molecule has 16 heavy (non-hydrogen) atoms. The van der Waals surface area contributed by atoms with Crippen molar-refractivity contribution in [2.75, 3.05) is 5.73 Å². The summed E-state index contributed by atoms with van der Waals surface area (Å²) in [6.07, 6.45) is 1.32. The van der Waals surface area contributed by atoms with E-state index in [-0.39, 0.29) is 5.82 Å². The minimum Gasteiger partial charge on any atom is -0.483 e. The van der Waals surface area contributed by atoms with Gasteiger partial charge < -0.3 is 10.5 Å². The summed E-state index contributed by atoms with van der Waals surface area (Å²) in [5.74, 6) is 0.569. The molecule has 0 spiro atoms. The first-order chi connectivity index (χ1) is 7.75. The summed E-state index contributed by atoms with van der Waals surface area (Å²) in [6.45, 7) is 0.388. The topological polar surface area (TPSA) is 81.0 Å². The number of aromatic nitrogens is 2. The van der Waals surface area contributed by atoms with E-state index in [0.717, 1.165) is 5.56 Å². The van der Waals surface area contributed by atoms with Crippen molar-refractivity contribution in [3.8, 4) is 5.75 Å². The van der Waals surface area contributed by atoms with Gasteiger partial charge in [0.2, 0.25) is 0 Å². The molecule has 2 rings (SSSR count). The van der Waals surface area contributed by atoms with E-state index in [0.29, 0.717) is 12.4 Å². The van der Waals surface area contributed by atoms with Gasteiger partial charge in [-0.3, -0.25) is 4.98 Å². The summed E-state index contributed by atoms with van der Waals surface area (Å²) in [4.78, 5) is 16.7. The number of hydrogen-bond acceptors (Lipinski definition) is 4. The Balaban J connectivity index is 2.08. The third-order valence-electron chi connectivity index (χ3n) is 2.04. The second kappa shape index (κ2) is 4.48. The molecule has 5 nitrogen and oxygen atoms in total. The zero-order valence-electron chi connectivity index (χ0n) is 8.51. The van der Waals surface area contributed by atoms with Gasteiger partial charge in [0.1, 0.15) is 12.4 Å². The molecule has 82 valence electrons.